The van der Waals surface area contributed by atoms with Crippen LogP contribution in [0.5, 0.6) is 0 Å². The lowest BCUT2D eigenvalue weighted by Crippen LogP contribution is -2.51. The third-order valence-electron chi connectivity index (χ3n) is 5.37. The second-order valence-corrected chi connectivity index (χ2v) is 8.48. The lowest BCUT2D eigenvalue weighted by atomic mass is 10.1. The van der Waals surface area contributed by atoms with Gasteiger partial charge in [0.1, 0.15) is 12.1 Å². The van der Waals surface area contributed by atoms with Gasteiger partial charge in [-0.2, -0.15) is 0 Å². The van der Waals surface area contributed by atoms with Gasteiger partial charge in [0.25, 0.3) is 0 Å². The van der Waals surface area contributed by atoms with Gasteiger partial charge in [0.2, 0.25) is 11.8 Å². The number of rotatable bonds is 21. The molecule has 0 saturated carbocycles. The number of carboxylic acids is 2. The van der Waals surface area contributed by atoms with Gasteiger partial charge in [-0.1, -0.05) is 58.3 Å². The Bertz CT molecular complexity index is 652. The van der Waals surface area contributed by atoms with Gasteiger partial charge in [0, 0.05) is 19.4 Å². The molecule has 0 aliphatic carbocycles. The second kappa shape index (κ2) is 19.6. The number of hydrogen-bond acceptors (Lipinski definition) is 5. The minimum atomic E-state index is -1.36. The second-order valence-electron chi connectivity index (χ2n) is 8.48. The van der Waals surface area contributed by atoms with E-state index in [9.17, 15) is 24.3 Å². The highest BCUT2D eigenvalue weighted by Gasteiger charge is 2.26. The minimum Gasteiger partial charge on any atom is -0.481 e. The first kappa shape index (κ1) is 31.1. The average Bonchev–Trinajstić information content (AvgIpc) is 2.76. The molecular weight excluding hydrogens is 442 g/mol. The topological polar surface area (TPSA) is 197 Å². The van der Waals surface area contributed by atoms with E-state index in [2.05, 4.69) is 22.5 Å². The van der Waals surface area contributed by atoms with E-state index in [4.69, 9.17) is 16.6 Å². The molecule has 0 spiro atoms. The standard InChI is InChI=1S/C23H43N5O6/c1-2-3-4-5-6-7-8-9-10-13-19(29)27-17(12-11-16-26-23(24)25)21(32)28-18(22(33)34)14-15-20(30)31/h17-18H,2-16H2,1H3,(H,27,29)(H,28,32)(H,30,31)(H,33,34)(H4,24,25,26)/t17-,18-/m0/s1. The molecule has 2 amide bonds. The highest BCUT2D eigenvalue weighted by Crippen LogP contribution is 2.11. The molecule has 0 unspecified atom stereocenters. The van der Waals surface area contributed by atoms with Crippen LogP contribution in [0.15, 0.2) is 4.99 Å². The molecule has 11 heteroatoms. The highest BCUT2D eigenvalue weighted by atomic mass is 16.4. The third-order valence-corrected chi connectivity index (χ3v) is 5.37. The maximum absolute atomic E-state index is 12.7. The van der Waals surface area contributed by atoms with E-state index in [0.717, 1.165) is 19.3 Å². The van der Waals surface area contributed by atoms with Gasteiger partial charge in [-0.15, -0.1) is 0 Å². The van der Waals surface area contributed by atoms with E-state index in [1.165, 1.54) is 32.1 Å². The number of carbonyl (C=O) groups excluding carboxylic acids is 2. The zero-order valence-electron chi connectivity index (χ0n) is 20.4. The summed E-state index contributed by atoms with van der Waals surface area (Å²) in [5, 5.41) is 23.1. The maximum Gasteiger partial charge on any atom is 0.326 e. The summed E-state index contributed by atoms with van der Waals surface area (Å²) in [7, 11) is 0. The molecule has 0 fully saturated rings. The lowest BCUT2D eigenvalue weighted by Gasteiger charge is -2.21. The Morgan fingerprint density at radius 1 is 0.765 bits per heavy atom. The minimum absolute atomic E-state index is 0.0880. The summed E-state index contributed by atoms with van der Waals surface area (Å²) in [6.45, 7) is 2.44. The fourth-order valence-electron chi connectivity index (χ4n) is 3.43. The van der Waals surface area contributed by atoms with Crippen molar-refractivity contribution in [2.45, 2.75) is 109 Å². The number of nitrogens with one attached hydrogen (secondary N) is 2. The number of guanidine groups is 1. The molecule has 0 rings (SSSR count). The molecule has 0 saturated heterocycles. The smallest absolute Gasteiger partial charge is 0.326 e. The van der Waals surface area contributed by atoms with Crippen molar-refractivity contribution in [3.8, 4) is 0 Å². The molecular formula is C23H43N5O6. The van der Waals surface area contributed by atoms with Gasteiger partial charge in [0.15, 0.2) is 5.96 Å². The van der Waals surface area contributed by atoms with Crippen molar-refractivity contribution >= 4 is 29.7 Å². The van der Waals surface area contributed by atoms with Crippen LogP contribution in [0.1, 0.15) is 96.8 Å². The highest BCUT2D eigenvalue weighted by molar-refractivity contribution is 5.90. The van der Waals surface area contributed by atoms with Gasteiger partial charge in [-0.25, -0.2) is 4.79 Å². The quantitative estimate of drug-likeness (QED) is 0.0804. The number of aliphatic carboxylic acids is 2. The first-order valence-electron chi connectivity index (χ1n) is 12.3. The largest absolute Gasteiger partial charge is 0.481 e. The molecule has 196 valence electrons. The number of amides is 2. The number of carbonyl (C=O) groups is 4. The summed E-state index contributed by atoms with van der Waals surface area (Å²) >= 11 is 0. The van der Waals surface area contributed by atoms with Crippen molar-refractivity contribution in [1.82, 2.24) is 10.6 Å². The fraction of sp³-hybridized carbons (Fsp3) is 0.783. The van der Waals surface area contributed by atoms with Crippen LogP contribution in [0, 0.1) is 0 Å². The predicted molar refractivity (Wildman–Crippen MR) is 130 cm³/mol. The molecule has 0 aromatic heterocycles. The van der Waals surface area contributed by atoms with Crippen LogP contribution >= 0.6 is 0 Å². The summed E-state index contributed by atoms with van der Waals surface area (Å²) in [6, 6.07) is -2.33. The molecule has 0 aliphatic rings. The molecule has 0 radical (unpaired) electrons. The number of unbranched alkanes of at least 4 members (excludes halogenated alkanes) is 8. The molecule has 11 nitrogen and oxygen atoms in total. The zero-order chi connectivity index (χ0) is 25.8. The van der Waals surface area contributed by atoms with E-state index in [-0.39, 0.29) is 37.7 Å². The number of nitrogens with zero attached hydrogens (tertiary/aromatic N) is 1. The monoisotopic (exact) mass is 485 g/mol. The van der Waals surface area contributed by atoms with Crippen molar-refractivity contribution < 1.29 is 29.4 Å². The molecule has 8 N–H and O–H groups in total. The molecule has 2 atom stereocenters. The first-order chi connectivity index (χ1) is 16.2. The third kappa shape index (κ3) is 17.7. The molecule has 0 aliphatic heterocycles. The van der Waals surface area contributed by atoms with Crippen molar-refractivity contribution in [3.05, 3.63) is 0 Å². The Labute approximate surface area is 202 Å². The van der Waals surface area contributed by atoms with E-state index in [0.29, 0.717) is 12.8 Å². The van der Waals surface area contributed by atoms with Crippen LogP contribution in [0.25, 0.3) is 0 Å². The maximum atomic E-state index is 12.7. The summed E-state index contributed by atoms with van der Waals surface area (Å²) < 4.78 is 0. The number of carboxylic acid groups (broad SMARTS) is 2. The molecule has 0 aromatic rings. The average molecular weight is 486 g/mol. The summed E-state index contributed by atoms with van der Waals surface area (Å²) in [5.74, 6) is -3.56. The molecule has 0 heterocycles. The van der Waals surface area contributed by atoms with Gasteiger partial charge >= 0.3 is 11.9 Å². The van der Waals surface area contributed by atoms with Crippen LogP contribution in [0.2, 0.25) is 0 Å². The van der Waals surface area contributed by atoms with Gasteiger partial charge in [0.05, 0.1) is 0 Å². The van der Waals surface area contributed by atoms with E-state index >= 15 is 0 Å². The van der Waals surface area contributed by atoms with Crippen LogP contribution in [0.3, 0.4) is 0 Å². The van der Waals surface area contributed by atoms with Crippen molar-refractivity contribution in [1.29, 1.82) is 0 Å². The summed E-state index contributed by atoms with van der Waals surface area (Å²) in [5.41, 5.74) is 10.6. The van der Waals surface area contributed by atoms with E-state index in [1.807, 2.05) is 0 Å². The lowest BCUT2D eigenvalue weighted by molar-refractivity contribution is -0.143. The zero-order valence-corrected chi connectivity index (χ0v) is 20.4. The fourth-order valence-corrected chi connectivity index (χ4v) is 3.43. The Hall–Kier alpha value is -2.85. The van der Waals surface area contributed by atoms with Crippen LogP contribution in [-0.2, 0) is 19.2 Å². The van der Waals surface area contributed by atoms with Crippen LogP contribution in [0.4, 0.5) is 0 Å². The number of aliphatic imine (C=N–C) groups is 1. The Morgan fingerprint density at radius 2 is 1.35 bits per heavy atom. The van der Waals surface area contributed by atoms with E-state index in [1.54, 1.807) is 0 Å². The van der Waals surface area contributed by atoms with Gasteiger partial charge < -0.3 is 32.3 Å². The molecule has 0 bridgehead atoms. The Morgan fingerprint density at radius 3 is 1.88 bits per heavy atom. The predicted octanol–water partition coefficient (Wildman–Crippen LogP) is 1.88. The van der Waals surface area contributed by atoms with Crippen molar-refractivity contribution in [2.75, 3.05) is 6.54 Å². The molecule has 34 heavy (non-hydrogen) atoms. The Kier molecular flexibility index (Phi) is 18.0. The van der Waals surface area contributed by atoms with Gasteiger partial charge in [-0.3, -0.25) is 19.4 Å². The summed E-state index contributed by atoms with van der Waals surface area (Å²) in [4.78, 5) is 51.0. The number of hydrogen-bond donors (Lipinski definition) is 6. The van der Waals surface area contributed by atoms with Crippen molar-refractivity contribution in [2.24, 2.45) is 16.5 Å². The normalized spacial score (nSPS) is 12.4. The van der Waals surface area contributed by atoms with Crippen LogP contribution in [-0.4, -0.2) is 58.6 Å². The van der Waals surface area contributed by atoms with E-state index < -0.39 is 36.4 Å². The Balaban J connectivity index is 4.65. The first-order valence-corrected chi connectivity index (χ1v) is 12.3. The SMILES string of the molecule is CCCCCCCCCCCC(=O)N[C@@H](CCCN=C(N)N)C(=O)N[C@@H](CCC(=O)O)C(=O)O. The van der Waals surface area contributed by atoms with Crippen LogP contribution < -0.4 is 22.1 Å². The number of nitrogens with two attached hydrogens (primary N) is 2. The molecule has 0 aromatic carbocycles. The summed E-state index contributed by atoms with van der Waals surface area (Å²) in [6.07, 6.45) is 10.3. The van der Waals surface area contributed by atoms with Crippen molar-refractivity contribution in [3.63, 3.8) is 0 Å². The van der Waals surface area contributed by atoms with Gasteiger partial charge in [-0.05, 0) is 25.7 Å².